The molecule has 0 amide bonds. The summed E-state index contributed by atoms with van der Waals surface area (Å²) in [6.07, 6.45) is 0. The summed E-state index contributed by atoms with van der Waals surface area (Å²) in [4.78, 5) is 14.3. The quantitative estimate of drug-likeness (QED) is 0.625. The predicted octanol–water partition coefficient (Wildman–Crippen LogP) is 2.72. The first-order valence-corrected chi connectivity index (χ1v) is 5.12. The monoisotopic (exact) mass is 283 g/mol. The standard InChI is InChI=1S/C9H6BrN3O3/c1-5-6(8-11-9(10)12-16-8)3-2-4-7(5)13(14)15/h2-4H,1H3. The van der Waals surface area contributed by atoms with Crippen molar-refractivity contribution in [2.45, 2.75) is 6.92 Å². The fourth-order valence-electron chi connectivity index (χ4n) is 1.37. The highest BCUT2D eigenvalue weighted by atomic mass is 79.9. The molecule has 0 aliphatic carbocycles. The van der Waals surface area contributed by atoms with Crippen molar-refractivity contribution in [1.82, 2.24) is 10.1 Å². The van der Waals surface area contributed by atoms with E-state index in [0.29, 0.717) is 15.9 Å². The third kappa shape index (κ3) is 1.81. The van der Waals surface area contributed by atoms with E-state index in [2.05, 4.69) is 26.1 Å². The lowest BCUT2D eigenvalue weighted by Gasteiger charge is -2.00. The normalized spacial score (nSPS) is 10.4. The van der Waals surface area contributed by atoms with Gasteiger partial charge in [-0.25, -0.2) is 0 Å². The lowest BCUT2D eigenvalue weighted by Crippen LogP contribution is -1.93. The van der Waals surface area contributed by atoms with E-state index in [-0.39, 0.29) is 11.6 Å². The van der Waals surface area contributed by atoms with Crippen molar-refractivity contribution in [3.05, 3.63) is 38.6 Å². The molecule has 0 saturated carbocycles. The largest absolute Gasteiger partial charge is 0.333 e. The van der Waals surface area contributed by atoms with Gasteiger partial charge in [-0.2, -0.15) is 4.98 Å². The molecule has 6 nitrogen and oxygen atoms in total. The second-order valence-corrected chi connectivity index (χ2v) is 3.78. The molecule has 2 aromatic rings. The van der Waals surface area contributed by atoms with Crippen molar-refractivity contribution >= 4 is 21.6 Å². The van der Waals surface area contributed by atoms with Gasteiger partial charge < -0.3 is 4.52 Å². The molecule has 2 rings (SSSR count). The lowest BCUT2D eigenvalue weighted by atomic mass is 10.1. The van der Waals surface area contributed by atoms with Crippen molar-refractivity contribution in [2.75, 3.05) is 0 Å². The van der Waals surface area contributed by atoms with Crippen LogP contribution in [-0.2, 0) is 0 Å². The molecule has 0 aliphatic rings. The molecule has 0 aliphatic heterocycles. The Labute approximate surface area is 98.6 Å². The van der Waals surface area contributed by atoms with Crippen LogP contribution in [-0.4, -0.2) is 15.1 Å². The number of nitrogens with zero attached hydrogens (tertiary/aromatic N) is 3. The van der Waals surface area contributed by atoms with E-state index in [9.17, 15) is 10.1 Å². The van der Waals surface area contributed by atoms with Crippen molar-refractivity contribution in [3.63, 3.8) is 0 Å². The number of halogens is 1. The van der Waals surface area contributed by atoms with Crippen LogP contribution in [0.3, 0.4) is 0 Å². The summed E-state index contributed by atoms with van der Waals surface area (Å²) in [6, 6.07) is 4.71. The Bertz CT molecular complexity index is 553. The molecule has 0 N–H and O–H groups in total. The van der Waals surface area contributed by atoms with Crippen molar-refractivity contribution < 1.29 is 9.45 Å². The van der Waals surface area contributed by atoms with Gasteiger partial charge in [-0.3, -0.25) is 10.1 Å². The number of hydrogen-bond donors (Lipinski definition) is 0. The van der Waals surface area contributed by atoms with Crippen molar-refractivity contribution in [1.29, 1.82) is 0 Å². The van der Waals surface area contributed by atoms with Crippen LogP contribution in [0, 0.1) is 17.0 Å². The first kappa shape index (κ1) is 10.7. The highest BCUT2D eigenvalue weighted by Gasteiger charge is 2.17. The van der Waals surface area contributed by atoms with E-state index in [4.69, 9.17) is 4.52 Å². The van der Waals surface area contributed by atoms with Crippen LogP contribution in [0.1, 0.15) is 5.56 Å². The summed E-state index contributed by atoms with van der Waals surface area (Å²) >= 11 is 3.05. The summed E-state index contributed by atoms with van der Waals surface area (Å²) in [5.74, 6) is 0.257. The number of nitro benzene ring substituents is 1. The van der Waals surface area contributed by atoms with E-state index in [1.165, 1.54) is 6.07 Å². The Morgan fingerprint density at radius 2 is 2.25 bits per heavy atom. The topological polar surface area (TPSA) is 82.1 Å². The smallest absolute Gasteiger partial charge is 0.273 e. The van der Waals surface area contributed by atoms with Crippen LogP contribution in [0.5, 0.6) is 0 Å². The maximum absolute atomic E-state index is 10.7. The molecule has 82 valence electrons. The third-order valence-corrected chi connectivity index (χ3v) is 2.46. The molecule has 1 aromatic heterocycles. The first-order chi connectivity index (χ1) is 7.59. The van der Waals surface area contributed by atoms with E-state index < -0.39 is 4.92 Å². The lowest BCUT2D eigenvalue weighted by molar-refractivity contribution is -0.385. The minimum absolute atomic E-state index is 0.0341. The Morgan fingerprint density at radius 3 is 2.81 bits per heavy atom. The van der Waals surface area contributed by atoms with Gasteiger partial charge in [-0.1, -0.05) is 6.07 Å². The maximum Gasteiger partial charge on any atom is 0.273 e. The number of hydrogen-bond acceptors (Lipinski definition) is 5. The molecule has 0 radical (unpaired) electrons. The minimum Gasteiger partial charge on any atom is -0.333 e. The zero-order valence-corrected chi connectivity index (χ0v) is 9.76. The molecule has 16 heavy (non-hydrogen) atoms. The molecule has 0 bridgehead atoms. The Kier molecular flexibility index (Phi) is 2.69. The van der Waals surface area contributed by atoms with Crippen LogP contribution in [0.2, 0.25) is 0 Å². The Morgan fingerprint density at radius 1 is 1.50 bits per heavy atom. The molecule has 0 fully saturated rings. The van der Waals surface area contributed by atoms with E-state index >= 15 is 0 Å². The summed E-state index contributed by atoms with van der Waals surface area (Å²) < 4.78 is 5.25. The fourth-order valence-corrected chi connectivity index (χ4v) is 1.60. The molecule has 1 aromatic carbocycles. The van der Waals surface area contributed by atoms with Gasteiger partial charge in [0.15, 0.2) is 0 Å². The molecule has 7 heteroatoms. The van der Waals surface area contributed by atoms with E-state index in [0.717, 1.165) is 0 Å². The second kappa shape index (κ2) is 4.01. The Hall–Kier alpha value is -1.76. The SMILES string of the molecule is Cc1c(-c2nc(Br)no2)cccc1[N+](=O)[O-]. The number of nitro groups is 1. The number of benzene rings is 1. The molecular formula is C9H6BrN3O3. The van der Waals surface area contributed by atoms with Crippen molar-refractivity contribution in [2.24, 2.45) is 0 Å². The molecule has 0 saturated heterocycles. The molecule has 0 atom stereocenters. The summed E-state index contributed by atoms with van der Waals surface area (Å²) in [7, 11) is 0. The molecular weight excluding hydrogens is 278 g/mol. The minimum atomic E-state index is -0.440. The highest BCUT2D eigenvalue weighted by molar-refractivity contribution is 9.10. The predicted molar refractivity (Wildman–Crippen MR) is 58.8 cm³/mol. The maximum atomic E-state index is 10.7. The van der Waals surface area contributed by atoms with Crippen LogP contribution in [0.15, 0.2) is 27.5 Å². The van der Waals surface area contributed by atoms with Gasteiger partial charge in [-0.05, 0) is 34.1 Å². The Balaban J connectivity index is 2.58. The third-order valence-electron chi connectivity index (χ3n) is 2.13. The number of rotatable bonds is 2. The molecule has 0 spiro atoms. The second-order valence-electron chi connectivity index (χ2n) is 3.08. The van der Waals surface area contributed by atoms with Gasteiger partial charge in [0.1, 0.15) is 0 Å². The van der Waals surface area contributed by atoms with Crippen LogP contribution < -0.4 is 0 Å². The first-order valence-electron chi connectivity index (χ1n) is 4.33. The van der Waals surface area contributed by atoms with Crippen LogP contribution in [0.25, 0.3) is 11.5 Å². The van der Waals surface area contributed by atoms with Gasteiger partial charge in [0.25, 0.3) is 11.6 Å². The summed E-state index contributed by atoms with van der Waals surface area (Å²) in [5, 5.41) is 14.3. The number of aromatic nitrogens is 2. The zero-order valence-electron chi connectivity index (χ0n) is 8.18. The van der Waals surface area contributed by atoms with Crippen LogP contribution >= 0.6 is 15.9 Å². The van der Waals surface area contributed by atoms with Crippen molar-refractivity contribution in [3.8, 4) is 11.5 Å². The van der Waals surface area contributed by atoms with Gasteiger partial charge in [0.05, 0.1) is 4.92 Å². The van der Waals surface area contributed by atoms with Gasteiger partial charge in [-0.15, -0.1) is 0 Å². The van der Waals surface area contributed by atoms with Gasteiger partial charge in [0, 0.05) is 17.2 Å². The molecule has 0 unspecified atom stereocenters. The van der Waals surface area contributed by atoms with E-state index in [1.54, 1.807) is 19.1 Å². The van der Waals surface area contributed by atoms with Gasteiger partial charge >= 0.3 is 0 Å². The highest BCUT2D eigenvalue weighted by Crippen LogP contribution is 2.28. The zero-order chi connectivity index (χ0) is 11.7. The molecule has 1 heterocycles. The summed E-state index contributed by atoms with van der Waals surface area (Å²) in [5.41, 5.74) is 1.10. The summed E-state index contributed by atoms with van der Waals surface area (Å²) in [6.45, 7) is 1.64. The van der Waals surface area contributed by atoms with Gasteiger partial charge in [0.2, 0.25) is 4.73 Å². The fraction of sp³-hybridized carbons (Fsp3) is 0.111. The van der Waals surface area contributed by atoms with E-state index in [1.807, 2.05) is 0 Å². The average Bonchev–Trinajstić information content (AvgIpc) is 2.64. The van der Waals surface area contributed by atoms with Crippen LogP contribution in [0.4, 0.5) is 5.69 Å². The average molecular weight is 284 g/mol.